The van der Waals surface area contributed by atoms with E-state index in [4.69, 9.17) is 16.6 Å². The van der Waals surface area contributed by atoms with Gasteiger partial charge in [-0.25, -0.2) is 0 Å². The minimum Gasteiger partial charge on any atom is -0.444 e. The summed E-state index contributed by atoms with van der Waals surface area (Å²) in [4.78, 5) is 22.8. The maximum atomic E-state index is 11.8. The summed E-state index contributed by atoms with van der Waals surface area (Å²) in [5.41, 5.74) is 1.36. The molecule has 1 aromatic carbocycles. The molecule has 0 radical (unpaired) electrons. The first-order chi connectivity index (χ1) is 10.4. The molecule has 0 fully saturated rings. The van der Waals surface area contributed by atoms with Gasteiger partial charge in [0.1, 0.15) is 0 Å². The van der Waals surface area contributed by atoms with Crippen LogP contribution >= 0.6 is 28.1 Å². The zero-order valence-corrected chi connectivity index (χ0v) is 13.9. The van der Waals surface area contributed by atoms with Crippen LogP contribution in [0.25, 0.3) is 0 Å². The lowest BCUT2D eigenvalue weighted by Gasteiger charge is -2.09. The van der Waals surface area contributed by atoms with Crippen molar-refractivity contribution < 1.29 is 14.0 Å². The van der Waals surface area contributed by atoms with Crippen molar-refractivity contribution in [1.29, 1.82) is 0 Å². The Morgan fingerprint density at radius 1 is 1.05 bits per heavy atom. The molecule has 3 N–H and O–H groups in total. The lowest BCUT2D eigenvalue weighted by molar-refractivity contribution is -0.114. The third-order valence-corrected chi connectivity index (χ3v) is 3.12. The number of thiocarbonyl (C=S) groups is 1. The zero-order chi connectivity index (χ0) is 16.1. The first-order valence-electron chi connectivity index (χ1n) is 6.19. The zero-order valence-electron chi connectivity index (χ0n) is 11.5. The highest BCUT2D eigenvalue weighted by molar-refractivity contribution is 9.10. The van der Waals surface area contributed by atoms with Gasteiger partial charge >= 0.3 is 0 Å². The monoisotopic (exact) mass is 381 g/mol. The summed E-state index contributed by atoms with van der Waals surface area (Å²) in [6, 6.07) is 10.0. The maximum Gasteiger partial charge on any atom is 0.293 e. The predicted molar refractivity (Wildman–Crippen MR) is 90.8 cm³/mol. The van der Waals surface area contributed by atoms with Gasteiger partial charge in [0.05, 0.1) is 0 Å². The fourth-order valence-electron chi connectivity index (χ4n) is 1.60. The van der Waals surface area contributed by atoms with Gasteiger partial charge in [0.25, 0.3) is 5.91 Å². The van der Waals surface area contributed by atoms with Crippen molar-refractivity contribution in [2.45, 2.75) is 6.92 Å². The van der Waals surface area contributed by atoms with E-state index in [9.17, 15) is 9.59 Å². The van der Waals surface area contributed by atoms with E-state index < -0.39 is 5.91 Å². The summed E-state index contributed by atoms with van der Waals surface area (Å²) < 4.78 is 5.59. The number of nitrogens with one attached hydrogen (secondary N) is 3. The second-order valence-electron chi connectivity index (χ2n) is 4.27. The number of amides is 2. The number of furan rings is 1. The second kappa shape index (κ2) is 7.19. The highest BCUT2D eigenvalue weighted by Crippen LogP contribution is 2.15. The summed E-state index contributed by atoms with van der Waals surface area (Å²) in [5, 5.41) is 8.16. The van der Waals surface area contributed by atoms with Crippen LogP contribution in [0.5, 0.6) is 0 Å². The normalized spacial score (nSPS) is 9.91. The molecule has 6 nitrogen and oxygen atoms in total. The van der Waals surface area contributed by atoms with E-state index in [0.29, 0.717) is 16.0 Å². The lowest BCUT2D eigenvalue weighted by Crippen LogP contribution is -2.33. The smallest absolute Gasteiger partial charge is 0.293 e. The van der Waals surface area contributed by atoms with E-state index in [2.05, 4.69) is 31.9 Å². The van der Waals surface area contributed by atoms with E-state index in [1.165, 1.54) is 13.0 Å². The molecule has 2 aromatic rings. The van der Waals surface area contributed by atoms with Gasteiger partial charge in [-0.3, -0.25) is 14.9 Å². The summed E-state index contributed by atoms with van der Waals surface area (Å²) in [5.74, 6) is -0.441. The van der Waals surface area contributed by atoms with Crippen molar-refractivity contribution in [2.75, 3.05) is 10.6 Å². The van der Waals surface area contributed by atoms with E-state index in [1.807, 2.05) is 0 Å². The number of rotatable bonds is 3. The van der Waals surface area contributed by atoms with Crippen LogP contribution in [0.1, 0.15) is 17.5 Å². The van der Waals surface area contributed by atoms with Crippen LogP contribution in [-0.4, -0.2) is 16.9 Å². The molecule has 0 aliphatic carbocycles. The van der Waals surface area contributed by atoms with Gasteiger partial charge in [-0.05, 0) is 64.5 Å². The molecule has 0 saturated heterocycles. The molecule has 0 aliphatic heterocycles. The topological polar surface area (TPSA) is 83.4 Å². The van der Waals surface area contributed by atoms with Crippen molar-refractivity contribution in [3.05, 3.63) is 46.8 Å². The molecule has 0 bridgehead atoms. The summed E-state index contributed by atoms with van der Waals surface area (Å²) in [6.45, 7) is 1.43. The molecule has 22 heavy (non-hydrogen) atoms. The predicted octanol–water partition coefficient (Wildman–Crippen LogP) is 3.13. The molecule has 0 spiro atoms. The molecule has 8 heteroatoms. The van der Waals surface area contributed by atoms with Crippen molar-refractivity contribution in [1.82, 2.24) is 5.32 Å². The van der Waals surface area contributed by atoms with E-state index in [1.54, 1.807) is 30.3 Å². The van der Waals surface area contributed by atoms with Crippen LogP contribution in [0, 0.1) is 0 Å². The maximum absolute atomic E-state index is 11.8. The average molecular weight is 382 g/mol. The van der Waals surface area contributed by atoms with Crippen LogP contribution in [0.2, 0.25) is 0 Å². The Bertz CT molecular complexity index is 712. The fraction of sp³-hybridized carbons (Fsp3) is 0.0714. The van der Waals surface area contributed by atoms with Gasteiger partial charge in [0, 0.05) is 18.3 Å². The highest BCUT2D eigenvalue weighted by atomic mass is 79.9. The quantitative estimate of drug-likeness (QED) is 0.711. The van der Waals surface area contributed by atoms with Gasteiger partial charge in [-0.15, -0.1) is 0 Å². The van der Waals surface area contributed by atoms with Crippen molar-refractivity contribution in [3.63, 3.8) is 0 Å². The summed E-state index contributed by atoms with van der Waals surface area (Å²) in [7, 11) is 0. The number of anilines is 2. The SMILES string of the molecule is CC(=O)Nc1ccc(NC(=S)NC(=O)c2ccc(Br)o2)cc1. The Balaban J connectivity index is 1.91. The van der Waals surface area contributed by atoms with Gasteiger partial charge in [-0.2, -0.15) is 0 Å². The van der Waals surface area contributed by atoms with Crippen LogP contribution in [0.3, 0.4) is 0 Å². The van der Waals surface area contributed by atoms with Crippen LogP contribution in [0.15, 0.2) is 45.5 Å². The summed E-state index contributed by atoms with van der Waals surface area (Å²) >= 11 is 8.17. The fourth-order valence-corrected chi connectivity index (χ4v) is 2.12. The van der Waals surface area contributed by atoms with Gasteiger partial charge in [0.15, 0.2) is 15.5 Å². The summed E-state index contributed by atoms with van der Waals surface area (Å²) in [6.07, 6.45) is 0. The molecular formula is C14H12BrN3O3S. The standard InChI is InChI=1S/C14H12BrN3O3S/c1-8(19)16-9-2-4-10(5-3-9)17-14(22)18-13(20)11-6-7-12(15)21-11/h2-7H,1H3,(H,16,19)(H2,17,18,20,22). The number of hydrogen-bond acceptors (Lipinski definition) is 4. The van der Waals surface area contributed by atoms with Crippen LogP contribution in [-0.2, 0) is 4.79 Å². The average Bonchev–Trinajstić information content (AvgIpc) is 2.87. The minimum atomic E-state index is -0.446. The third-order valence-electron chi connectivity index (χ3n) is 2.49. The third kappa shape index (κ3) is 4.68. The number of carbonyl (C=O) groups is 2. The molecule has 2 amide bonds. The molecule has 1 heterocycles. The highest BCUT2D eigenvalue weighted by Gasteiger charge is 2.12. The molecular weight excluding hydrogens is 370 g/mol. The Kier molecular flexibility index (Phi) is 5.29. The molecule has 0 atom stereocenters. The Labute approximate surface area is 140 Å². The second-order valence-corrected chi connectivity index (χ2v) is 5.46. The van der Waals surface area contributed by atoms with Crippen molar-refractivity contribution in [2.24, 2.45) is 0 Å². The molecule has 0 unspecified atom stereocenters. The first kappa shape index (κ1) is 16.2. The van der Waals surface area contributed by atoms with Gasteiger partial charge < -0.3 is 15.1 Å². The Morgan fingerprint density at radius 3 is 2.14 bits per heavy atom. The van der Waals surface area contributed by atoms with E-state index in [-0.39, 0.29) is 16.8 Å². The number of hydrogen-bond donors (Lipinski definition) is 3. The molecule has 0 aliphatic rings. The van der Waals surface area contributed by atoms with Gasteiger partial charge in [0.2, 0.25) is 5.91 Å². The Morgan fingerprint density at radius 2 is 1.64 bits per heavy atom. The lowest BCUT2D eigenvalue weighted by atomic mass is 10.3. The molecule has 114 valence electrons. The van der Waals surface area contributed by atoms with E-state index in [0.717, 1.165) is 0 Å². The van der Waals surface area contributed by atoms with Crippen LogP contribution < -0.4 is 16.0 Å². The molecule has 0 saturated carbocycles. The first-order valence-corrected chi connectivity index (χ1v) is 7.39. The number of halogens is 1. The van der Waals surface area contributed by atoms with Crippen molar-refractivity contribution in [3.8, 4) is 0 Å². The largest absolute Gasteiger partial charge is 0.444 e. The number of carbonyl (C=O) groups excluding carboxylic acids is 2. The van der Waals surface area contributed by atoms with Crippen LogP contribution in [0.4, 0.5) is 11.4 Å². The number of benzene rings is 1. The van der Waals surface area contributed by atoms with Crippen molar-refractivity contribution >= 4 is 56.4 Å². The minimum absolute atomic E-state index is 0.143. The van der Waals surface area contributed by atoms with E-state index >= 15 is 0 Å². The molecule has 1 aromatic heterocycles. The van der Waals surface area contributed by atoms with Gasteiger partial charge in [-0.1, -0.05) is 0 Å². The molecule has 2 rings (SSSR count). The Hall–Kier alpha value is -2.19.